The molecule has 1 aliphatic rings. The molecule has 0 bridgehead atoms. The predicted octanol–water partition coefficient (Wildman–Crippen LogP) is 1.70. The number of nitrogens with one attached hydrogen (secondary N) is 1. The van der Waals surface area contributed by atoms with E-state index in [4.69, 9.17) is 0 Å². The van der Waals surface area contributed by atoms with Gasteiger partial charge in [0.2, 0.25) is 0 Å². The van der Waals surface area contributed by atoms with Gasteiger partial charge >= 0.3 is 0 Å². The van der Waals surface area contributed by atoms with Crippen molar-refractivity contribution >= 4 is 32.9 Å². The Hall–Kier alpha value is -0.0800. The van der Waals surface area contributed by atoms with Crippen LogP contribution >= 0.6 is 23.1 Å². The van der Waals surface area contributed by atoms with E-state index in [0.717, 1.165) is 25.4 Å². The van der Waals surface area contributed by atoms with Crippen LogP contribution in [0.5, 0.6) is 0 Å². The van der Waals surface area contributed by atoms with Gasteiger partial charge in [-0.1, -0.05) is 0 Å². The van der Waals surface area contributed by atoms with E-state index in [0.29, 0.717) is 5.75 Å². The maximum atomic E-state index is 11.9. The van der Waals surface area contributed by atoms with Crippen LogP contribution in [0, 0.1) is 6.92 Å². The van der Waals surface area contributed by atoms with Crippen LogP contribution in [0.2, 0.25) is 0 Å². The molecule has 1 unspecified atom stereocenters. The third-order valence-electron chi connectivity index (χ3n) is 3.48. The summed E-state index contributed by atoms with van der Waals surface area (Å²) in [6.45, 7) is 4.58. The summed E-state index contributed by atoms with van der Waals surface area (Å²) < 4.78 is 23.8. The number of thioether (sulfide) groups is 1. The van der Waals surface area contributed by atoms with Gasteiger partial charge < -0.3 is 5.32 Å². The molecule has 7 heteroatoms. The van der Waals surface area contributed by atoms with E-state index in [2.05, 4.69) is 23.2 Å². The predicted molar refractivity (Wildman–Crippen MR) is 88.2 cm³/mol. The van der Waals surface area contributed by atoms with Crippen LogP contribution in [0.4, 0.5) is 0 Å². The first-order valence-electron chi connectivity index (χ1n) is 6.65. The smallest absolute Gasteiger partial charge is 0.164 e. The van der Waals surface area contributed by atoms with Gasteiger partial charge in [0.15, 0.2) is 9.84 Å². The average molecular weight is 335 g/mol. The second-order valence-corrected chi connectivity index (χ2v) is 9.85. The Morgan fingerprint density at radius 3 is 2.90 bits per heavy atom. The number of hydrogen-bond donors (Lipinski definition) is 1. The minimum absolute atomic E-state index is 0.340. The normalized spacial score (nSPS) is 21.2. The molecule has 0 aliphatic carbocycles. The fraction of sp³-hybridized carbons (Fsp3) is 0.692. The van der Waals surface area contributed by atoms with Crippen molar-refractivity contribution in [3.05, 3.63) is 21.4 Å². The van der Waals surface area contributed by atoms with E-state index < -0.39 is 9.84 Å². The summed E-state index contributed by atoms with van der Waals surface area (Å²) in [5.41, 5.74) is 1.26. The zero-order valence-electron chi connectivity index (χ0n) is 12.2. The Bertz CT molecular complexity index is 554. The summed E-state index contributed by atoms with van der Waals surface area (Å²) in [5, 5.41) is 2.82. The molecule has 2 heterocycles. The Morgan fingerprint density at radius 2 is 2.25 bits per heavy atom. The molecule has 1 aromatic heterocycles. The van der Waals surface area contributed by atoms with Crippen molar-refractivity contribution in [2.75, 3.05) is 31.4 Å². The minimum atomic E-state index is -3.02. The van der Waals surface area contributed by atoms with Crippen LogP contribution in [-0.4, -0.2) is 50.0 Å². The molecule has 0 radical (unpaired) electrons. The SMILES string of the molecule is CNCc1cc(CN2CCSCC2S(C)(=O)=O)c(C)s1. The molecule has 20 heavy (non-hydrogen) atoms. The fourth-order valence-electron chi connectivity index (χ4n) is 2.42. The van der Waals surface area contributed by atoms with Crippen LogP contribution in [0.15, 0.2) is 6.07 Å². The summed E-state index contributed by atoms with van der Waals surface area (Å²) in [6, 6.07) is 2.21. The molecule has 0 saturated carbocycles. The van der Waals surface area contributed by atoms with Crippen LogP contribution in [0.1, 0.15) is 15.3 Å². The van der Waals surface area contributed by atoms with E-state index in [1.165, 1.54) is 21.6 Å². The number of nitrogens with zero attached hydrogens (tertiary/aromatic N) is 1. The molecule has 1 atom stereocenters. The summed E-state index contributed by atoms with van der Waals surface area (Å²) in [7, 11) is -1.07. The Balaban J connectivity index is 2.14. The second-order valence-electron chi connectivity index (χ2n) is 5.15. The molecule has 114 valence electrons. The highest BCUT2D eigenvalue weighted by atomic mass is 32.2. The van der Waals surface area contributed by atoms with Crippen LogP contribution in [0.3, 0.4) is 0 Å². The molecular weight excluding hydrogens is 312 g/mol. The quantitative estimate of drug-likeness (QED) is 0.888. The number of aryl methyl sites for hydroxylation is 1. The number of hydrogen-bond acceptors (Lipinski definition) is 6. The van der Waals surface area contributed by atoms with Gasteiger partial charge in [-0.2, -0.15) is 11.8 Å². The van der Waals surface area contributed by atoms with Crippen LogP contribution in [-0.2, 0) is 22.9 Å². The lowest BCUT2D eigenvalue weighted by Gasteiger charge is -2.33. The van der Waals surface area contributed by atoms with Gasteiger partial charge in [0.1, 0.15) is 5.37 Å². The molecule has 2 rings (SSSR count). The fourth-order valence-corrected chi connectivity index (χ4v) is 6.42. The minimum Gasteiger partial charge on any atom is -0.315 e. The van der Waals surface area contributed by atoms with Gasteiger partial charge in [-0.3, -0.25) is 4.90 Å². The van der Waals surface area contributed by atoms with Crippen molar-refractivity contribution in [1.29, 1.82) is 0 Å². The molecule has 0 amide bonds. The van der Waals surface area contributed by atoms with E-state index in [-0.39, 0.29) is 5.37 Å². The van der Waals surface area contributed by atoms with Gasteiger partial charge in [-0.15, -0.1) is 11.3 Å². The first kappa shape index (κ1) is 16.3. The van der Waals surface area contributed by atoms with Crippen molar-refractivity contribution in [2.45, 2.75) is 25.4 Å². The molecule has 1 N–H and O–H groups in total. The van der Waals surface area contributed by atoms with E-state index in [1.54, 1.807) is 23.1 Å². The molecule has 0 aromatic carbocycles. The highest BCUT2D eigenvalue weighted by molar-refractivity contribution is 8.00. The largest absolute Gasteiger partial charge is 0.315 e. The Morgan fingerprint density at radius 1 is 1.50 bits per heavy atom. The maximum absolute atomic E-state index is 11.9. The van der Waals surface area contributed by atoms with Gasteiger partial charge in [0.05, 0.1) is 0 Å². The van der Waals surface area contributed by atoms with E-state index >= 15 is 0 Å². The zero-order valence-corrected chi connectivity index (χ0v) is 14.6. The Kier molecular flexibility index (Phi) is 5.53. The number of thiophene rings is 1. The van der Waals surface area contributed by atoms with Gasteiger partial charge in [-0.25, -0.2) is 8.42 Å². The molecule has 0 spiro atoms. The summed E-state index contributed by atoms with van der Waals surface area (Å²) in [4.78, 5) is 4.72. The molecule has 1 aromatic rings. The van der Waals surface area contributed by atoms with Crippen molar-refractivity contribution in [3.63, 3.8) is 0 Å². The number of sulfone groups is 1. The summed E-state index contributed by atoms with van der Waals surface area (Å²) in [6.07, 6.45) is 1.35. The average Bonchev–Trinajstić information content (AvgIpc) is 2.70. The first-order valence-corrected chi connectivity index (χ1v) is 10.6. The third kappa shape index (κ3) is 3.98. The van der Waals surface area contributed by atoms with E-state index in [9.17, 15) is 8.42 Å². The molecular formula is C13H22N2O2S3. The molecule has 1 fully saturated rings. The zero-order chi connectivity index (χ0) is 14.8. The van der Waals surface area contributed by atoms with Crippen molar-refractivity contribution in [2.24, 2.45) is 0 Å². The Labute approximate surface area is 129 Å². The van der Waals surface area contributed by atoms with Gasteiger partial charge in [-0.05, 0) is 25.6 Å². The van der Waals surface area contributed by atoms with Crippen LogP contribution < -0.4 is 5.32 Å². The number of rotatable bonds is 5. The van der Waals surface area contributed by atoms with E-state index in [1.807, 2.05) is 7.05 Å². The highest BCUT2D eigenvalue weighted by Gasteiger charge is 2.31. The molecule has 1 saturated heterocycles. The molecule has 1 aliphatic heterocycles. The molecule has 4 nitrogen and oxygen atoms in total. The highest BCUT2D eigenvalue weighted by Crippen LogP contribution is 2.27. The monoisotopic (exact) mass is 334 g/mol. The lowest BCUT2D eigenvalue weighted by Crippen LogP contribution is -2.46. The second kappa shape index (κ2) is 6.79. The topological polar surface area (TPSA) is 49.4 Å². The van der Waals surface area contributed by atoms with Crippen molar-refractivity contribution in [1.82, 2.24) is 10.2 Å². The van der Waals surface area contributed by atoms with Crippen molar-refractivity contribution in [3.8, 4) is 0 Å². The van der Waals surface area contributed by atoms with Crippen molar-refractivity contribution < 1.29 is 8.42 Å². The van der Waals surface area contributed by atoms with Gasteiger partial charge in [0.25, 0.3) is 0 Å². The lowest BCUT2D eigenvalue weighted by molar-refractivity contribution is 0.262. The summed E-state index contributed by atoms with van der Waals surface area (Å²) in [5.74, 6) is 1.70. The maximum Gasteiger partial charge on any atom is 0.164 e. The van der Waals surface area contributed by atoms with Crippen LogP contribution in [0.25, 0.3) is 0 Å². The first-order chi connectivity index (χ1) is 9.41. The lowest BCUT2D eigenvalue weighted by atomic mass is 10.2. The third-order valence-corrected chi connectivity index (χ3v) is 7.26. The van der Waals surface area contributed by atoms with Gasteiger partial charge in [0, 0.05) is 47.2 Å². The standard InChI is InChI=1S/C13H22N2O2S3/c1-10-11(6-12(19-10)7-14-2)8-15-4-5-18-9-13(15)20(3,16)17/h6,13-14H,4-5,7-9H2,1-3H3. The summed E-state index contributed by atoms with van der Waals surface area (Å²) >= 11 is 3.53.